The van der Waals surface area contributed by atoms with Crippen LogP contribution in [0.2, 0.25) is 0 Å². The van der Waals surface area contributed by atoms with E-state index in [0.717, 1.165) is 10.9 Å². The predicted molar refractivity (Wildman–Crippen MR) is 67.7 cm³/mol. The lowest BCUT2D eigenvalue weighted by Crippen LogP contribution is -2.08. The molecule has 0 radical (unpaired) electrons. The molecule has 1 aromatic heterocycles. The highest BCUT2D eigenvalue weighted by Gasteiger charge is 2.08. The normalized spacial score (nSPS) is 10.3. The van der Waals surface area contributed by atoms with Crippen molar-refractivity contribution < 1.29 is 13.9 Å². The Hall–Kier alpha value is -2.36. The van der Waals surface area contributed by atoms with Crippen molar-refractivity contribution in [3.05, 3.63) is 52.4 Å². The van der Waals surface area contributed by atoms with Gasteiger partial charge in [-0.15, -0.1) is 0 Å². The van der Waals surface area contributed by atoms with Gasteiger partial charge >= 0.3 is 11.6 Å². The second-order valence-corrected chi connectivity index (χ2v) is 4.08. The lowest BCUT2D eigenvalue weighted by Gasteiger charge is -2.05. The van der Waals surface area contributed by atoms with Crippen molar-refractivity contribution >= 4 is 16.9 Å². The molecule has 0 fully saturated rings. The Morgan fingerprint density at radius 1 is 1.33 bits per heavy atom. The van der Waals surface area contributed by atoms with Crippen LogP contribution in [-0.2, 0) is 4.79 Å². The number of benzene rings is 1. The number of fused-ring (bicyclic) bond motifs is 1. The van der Waals surface area contributed by atoms with Crippen LogP contribution in [0.3, 0.4) is 0 Å². The number of ether oxygens (including phenoxy) is 1. The van der Waals surface area contributed by atoms with E-state index in [4.69, 9.17) is 9.15 Å². The van der Waals surface area contributed by atoms with Crippen molar-refractivity contribution in [2.45, 2.75) is 13.8 Å². The summed E-state index contributed by atoms with van der Waals surface area (Å²) in [7, 11) is 0. The van der Waals surface area contributed by atoms with Crippen LogP contribution in [0.1, 0.15) is 12.5 Å². The Balaban J connectivity index is 2.47. The van der Waals surface area contributed by atoms with Crippen molar-refractivity contribution in [2.24, 2.45) is 0 Å². The maximum atomic E-state index is 11.4. The summed E-state index contributed by atoms with van der Waals surface area (Å²) in [5.41, 5.74) is 1.17. The first-order valence-electron chi connectivity index (χ1n) is 5.39. The van der Waals surface area contributed by atoms with Gasteiger partial charge in [0.2, 0.25) is 0 Å². The molecule has 1 heterocycles. The fourth-order valence-corrected chi connectivity index (χ4v) is 1.56. The molecule has 4 heteroatoms. The van der Waals surface area contributed by atoms with Gasteiger partial charge in [-0.1, -0.05) is 6.58 Å². The number of carbonyl (C=O) groups is 1. The summed E-state index contributed by atoms with van der Waals surface area (Å²) in [5, 5.41) is 0.738. The zero-order valence-corrected chi connectivity index (χ0v) is 10.1. The van der Waals surface area contributed by atoms with E-state index in [9.17, 15) is 9.59 Å². The van der Waals surface area contributed by atoms with E-state index in [1.807, 2.05) is 0 Å². The smallest absolute Gasteiger partial charge is 0.338 e. The van der Waals surface area contributed by atoms with E-state index in [2.05, 4.69) is 6.58 Å². The highest BCUT2D eigenvalue weighted by Crippen LogP contribution is 2.22. The van der Waals surface area contributed by atoms with E-state index in [-0.39, 0.29) is 0 Å². The third-order valence-electron chi connectivity index (χ3n) is 2.48. The number of rotatable bonds is 2. The molecule has 92 valence electrons. The molecule has 18 heavy (non-hydrogen) atoms. The Kier molecular flexibility index (Phi) is 3.02. The molecule has 0 unspecified atom stereocenters. The van der Waals surface area contributed by atoms with E-state index < -0.39 is 11.6 Å². The van der Waals surface area contributed by atoms with Crippen molar-refractivity contribution in [3.63, 3.8) is 0 Å². The van der Waals surface area contributed by atoms with E-state index in [0.29, 0.717) is 16.9 Å². The molecular formula is C14H12O4. The lowest BCUT2D eigenvalue weighted by molar-refractivity contribution is -0.130. The number of esters is 1. The van der Waals surface area contributed by atoms with E-state index in [1.165, 1.54) is 6.07 Å². The van der Waals surface area contributed by atoms with Crippen LogP contribution in [0, 0.1) is 6.92 Å². The first kappa shape index (κ1) is 12.1. The first-order chi connectivity index (χ1) is 8.47. The molecular weight excluding hydrogens is 232 g/mol. The minimum Gasteiger partial charge on any atom is -0.423 e. The topological polar surface area (TPSA) is 56.5 Å². The quantitative estimate of drug-likeness (QED) is 0.352. The van der Waals surface area contributed by atoms with Gasteiger partial charge in [0.15, 0.2) is 0 Å². The average molecular weight is 244 g/mol. The molecule has 2 aromatic rings. The second kappa shape index (κ2) is 4.49. The van der Waals surface area contributed by atoms with Gasteiger partial charge in [-0.3, -0.25) is 0 Å². The molecule has 0 aliphatic carbocycles. The molecule has 0 amide bonds. The monoisotopic (exact) mass is 244 g/mol. The van der Waals surface area contributed by atoms with Gasteiger partial charge in [-0.2, -0.15) is 0 Å². The predicted octanol–water partition coefficient (Wildman–Crippen LogP) is 2.58. The minimum atomic E-state index is -0.482. The highest BCUT2D eigenvalue weighted by molar-refractivity contribution is 5.90. The number of carbonyl (C=O) groups excluding carboxylic acids is 1. The van der Waals surface area contributed by atoms with Gasteiger partial charge in [-0.25, -0.2) is 9.59 Å². The maximum Gasteiger partial charge on any atom is 0.338 e. The van der Waals surface area contributed by atoms with Gasteiger partial charge in [0.05, 0.1) is 0 Å². The molecule has 0 aliphatic heterocycles. The molecule has 2 rings (SSSR count). The molecule has 0 saturated carbocycles. The third kappa shape index (κ3) is 2.32. The zero-order chi connectivity index (χ0) is 13.3. The van der Waals surface area contributed by atoms with Crippen LogP contribution in [0.4, 0.5) is 0 Å². The summed E-state index contributed by atoms with van der Waals surface area (Å²) in [6, 6.07) is 6.23. The molecule has 0 bridgehead atoms. The number of hydrogen-bond acceptors (Lipinski definition) is 4. The Morgan fingerprint density at radius 3 is 2.72 bits per heavy atom. The molecule has 1 aromatic carbocycles. The van der Waals surface area contributed by atoms with Gasteiger partial charge < -0.3 is 9.15 Å². The maximum absolute atomic E-state index is 11.4. The summed E-state index contributed by atoms with van der Waals surface area (Å²) in [4.78, 5) is 22.6. The summed E-state index contributed by atoms with van der Waals surface area (Å²) in [6.45, 7) is 6.88. The highest BCUT2D eigenvalue weighted by atomic mass is 16.5. The number of hydrogen-bond donors (Lipinski definition) is 0. The van der Waals surface area contributed by atoms with Gasteiger partial charge in [0.25, 0.3) is 0 Å². The lowest BCUT2D eigenvalue weighted by atomic mass is 10.1. The second-order valence-electron chi connectivity index (χ2n) is 4.08. The summed E-state index contributed by atoms with van der Waals surface area (Å²) >= 11 is 0. The van der Waals surface area contributed by atoms with Crippen molar-refractivity contribution in [1.29, 1.82) is 0 Å². The van der Waals surface area contributed by atoms with Gasteiger partial charge in [0, 0.05) is 17.0 Å². The first-order valence-corrected chi connectivity index (χ1v) is 5.39. The average Bonchev–Trinajstić information content (AvgIpc) is 2.29. The van der Waals surface area contributed by atoms with E-state index in [1.54, 1.807) is 32.0 Å². The summed E-state index contributed by atoms with van der Waals surface area (Å²) in [6.07, 6.45) is 0. The summed E-state index contributed by atoms with van der Waals surface area (Å²) < 4.78 is 10.1. The van der Waals surface area contributed by atoms with Gasteiger partial charge in [0.1, 0.15) is 11.3 Å². The van der Waals surface area contributed by atoms with Crippen LogP contribution < -0.4 is 10.4 Å². The van der Waals surface area contributed by atoms with Crippen molar-refractivity contribution in [1.82, 2.24) is 0 Å². The third-order valence-corrected chi connectivity index (χ3v) is 2.48. The Bertz CT molecular complexity index is 694. The molecule has 0 atom stereocenters. The largest absolute Gasteiger partial charge is 0.423 e. The molecule has 0 N–H and O–H groups in total. The van der Waals surface area contributed by atoms with Crippen LogP contribution in [0.15, 0.2) is 45.6 Å². The zero-order valence-electron chi connectivity index (χ0n) is 10.1. The Morgan fingerprint density at radius 2 is 2.06 bits per heavy atom. The Labute approximate surface area is 103 Å². The molecule has 0 saturated heterocycles. The minimum absolute atomic E-state index is 0.325. The fraction of sp³-hybridized carbons (Fsp3) is 0.143. The molecule has 0 spiro atoms. The summed E-state index contributed by atoms with van der Waals surface area (Å²) in [5.74, 6) is -0.0863. The fourth-order valence-electron chi connectivity index (χ4n) is 1.56. The van der Waals surface area contributed by atoms with Gasteiger partial charge in [-0.05, 0) is 37.6 Å². The SMILES string of the molecule is C=C(C)C(=O)Oc1ccc2oc(=O)cc(C)c2c1. The van der Waals surface area contributed by atoms with Crippen molar-refractivity contribution in [3.8, 4) is 5.75 Å². The standard InChI is InChI=1S/C14H12O4/c1-8(2)14(16)17-10-4-5-12-11(7-10)9(3)6-13(15)18-12/h4-7H,1H2,2-3H3. The van der Waals surface area contributed by atoms with Crippen LogP contribution >= 0.6 is 0 Å². The van der Waals surface area contributed by atoms with Crippen molar-refractivity contribution in [2.75, 3.05) is 0 Å². The van der Waals surface area contributed by atoms with E-state index >= 15 is 0 Å². The number of aryl methyl sites for hydroxylation is 1. The molecule has 0 aliphatic rings. The van der Waals surface area contributed by atoms with Crippen LogP contribution in [0.5, 0.6) is 5.75 Å². The van der Waals surface area contributed by atoms with Crippen LogP contribution in [-0.4, -0.2) is 5.97 Å². The molecule has 4 nitrogen and oxygen atoms in total. The van der Waals surface area contributed by atoms with Crippen LogP contribution in [0.25, 0.3) is 11.0 Å².